The molecule has 0 amide bonds. The molecule has 0 saturated heterocycles. The summed E-state index contributed by atoms with van der Waals surface area (Å²) >= 11 is 0. The largest absolute Gasteiger partial charge is 0.354 e. The van der Waals surface area contributed by atoms with Gasteiger partial charge in [-0.3, -0.25) is 0 Å². The number of hydrogen-bond acceptors (Lipinski definition) is 4. The summed E-state index contributed by atoms with van der Waals surface area (Å²) in [5.74, 6) is 0.215. The molecule has 5 nitrogen and oxygen atoms in total. The van der Waals surface area contributed by atoms with Gasteiger partial charge in [0.1, 0.15) is 0 Å². The van der Waals surface area contributed by atoms with Crippen LogP contribution < -0.4 is 5.32 Å². The highest BCUT2D eigenvalue weighted by molar-refractivity contribution is 5.79. The van der Waals surface area contributed by atoms with E-state index in [4.69, 9.17) is 0 Å². The highest BCUT2D eigenvalue weighted by Gasteiger charge is 2.14. The zero-order chi connectivity index (χ0) is 17.3. The molecule has 3 aromatic rings. The first-order valence-electron chi connectivity index (χ1n) is 7.97. The second kappa shape index (κ2) is 6.39. The minimum atomic E-state index is -0.365. The van der Waals surface area contributed by atoms with Gasteiger partial charge in [0.05, 0.1) is 5.69 Å². The monoisotopic (exact) mass is 325 g/mol. The molecular weight excluding hydrogens is 305 g/mol. The fourth-order valence-electron chi connectivity index (χ4n) is 2.68. The van der Waals surface area contributed by atoms with Crippen molar-refractivity contribution in [3.63, 3.8) is 0 Å². The number of rotatable bonds is 5. The van der Waals surface area contributed by atoms with Crippen LogP contribution in [0.15, 0.2) is 31.2 Å². The molecule has 0 fully saturated rings. The average Bonchev–Trinajstić information content (AvgIpc) is 2.98. The number of fused-ring (bicyclic) bond motifs is 1. The van der Waals surface area contributed by atoms with Crippen molar-refractivity contribution in [3.05, 3.63) is 59.6 Å². The van der Waals surface area contributed by atoms with Gasteiger partial charge in [-0.05, 0) is 31.9 Å². The summed E-state index contributed by atoms with van der Waals surface area (Å²) in [5, 5.41) is 3.07. The second-order valence-electron chi connectivity index (χ2n) is 5.57. The number of imidazole rings is 1. The zero-order valence-electron chi connectivity index (χ0n) is 14.1. The van der Waals surface area contributed by atoms with Crippen LogP contribution >= 0.6 is 0 Å². The van der Waals surface area contributed by atoms with Crippen LogP contribution in [-0.4, -0.2) is 25.9 Å². The standard InChI is InChI=1S/C18H20FN5/c1-5-14-8-21-17-16(19)7-13(10-24(14)17)11(3)15-9-22-18(20-6-2)23-12(15)4/h7-10H,3,5-6H2,1-2,4H3,(H,20,22,23). The van der Waals surface area contributed by atoms with Gasteiger partial charge in [0.2, 0.25) is 5.95 Å². The molecule has 0 spiro atoms. The van der Waals surface area contributed by atoms with Crippen molar-refractivity contribution in [2.45, 2.75) is 27.2 Å². The van der Waals surface area contributed by atoms with E-state index < -0.39 is 0 Å². The molecule has 0 aromatic carbocycles. The lowest BCUT2D eigenvalue weighted by Crippen LogP contribution is -2.05. The van der Waals surface area contributed by atoms with Crippen molar-refractivity contribution in [1.82, 2.24) is 19.4 Å². The molecule has 1 N–H and O–H groups in total. The predicted molar refractivity (Wildman–Crippen MR) is 93.6 cm³/mol. The molecule has 0 aliphatic heterocycles. The number of hydrogen-bond donors (Lipinski definition) is 1. The first kappa shape index (κ1) is 16.1. The Morgan fingerprint density at radius 3 is 2.75 bits per heavy atom. The Hall–Kier alpha value is -2.76. The maximum Gasteiger partial charge on any atom is 0.222 e. The summed E-state index contributed by atoms with van der Waals surface area (Å²) in [6.07, 6.45) is 6.06. The van der Waals surface area contributed by atoms with Gasteiger partial charge < -0.3 is 9.72 Å². The summed E-state index contributed by atoms with van der Waals surface area (Å²) in [5.41, 5.74) is 4.26. The molecule has 0 radical (unpaired) electrons. The number of nitrogens with zero attached hydrogens (tertiary/aromatic N) is 4. The van der Waals surface area contributed by atoms with E-state index in [1.807, 2.05) is 27.0 Å². The first-order chi connectivity index (χ1) is 11.5. The van der Waals surface area contributed by atoms with E-state index in [1.54, 1.807) is 16.8 Å². The SMILES string of the molecule is C=C(c1cc(F)c2ncc(CC)n2c1)c1cnc(NCC)nc1C. The van der Waals surface area contributed by atoms with Crippen LogP contribution in [0.1, 0.15) is 36.4 Å². The minimum Gasteiger partial charge on any atom is -0.354 e. The quantitative estimate of drug-likeness (QED) is 0.778. The molecule has 0 unspecified atom stereocenters. The molecule has 3 aromatic heterocycles. The Kier molecular flexibility index (Phi) is 4.29. The molecule has 0 aliphatic rings. The third-order valence-electron chi connectivity index (χ3n) is 3.99. The molecule has 3 rings (SSSR count). The summed E-state index contributed by atoms with van der Waals surface area (Å²) < 4.78 is 16.1. The minimum absolute atomic E-state index is 0.332. The van der Waals surface area contributed by atoms with Crippen LogP contribution in [0.4, 0.5) is 10.3 Å². The van der Waals surface area contributed by atoms with Crippen LogP contribution in [0.2, 0.25) is 0 Å². The van der Waals surface area contributed by atoms with E-state index in [2.05, 4.69) is 26.8 Å². The summed E-state index contributed by atoms with van der Waals surface area (Å²) in [6, 6.07) is 1.46. The Balaban J connectivity index is 2.05. The van der Waals surface area contributed by atoms with E-state index in [1.165, 1.54) is 6.07 Å². The van der Waals surface area contributed by atoms with Gasteiger partial charge >= 0.3 is 0 Å². The van der Waals surface area contributed by atoms with Crippen LogP contribution in [0.25, 0.3) is 11.2 Å². The van der Waals surface area contributed by atoms with Crippen molar-refractivity contribution in [2.75, 3.05) is 11.9 Å². The highest BCUT2D eigenvalue weighted by Crippen LogP contribution is 2.26. The third-order valence-corrected chi connectivity index (χ3v) is 3.99. The number of nitrogens with one attached hydrogen (secondary N) is 1. The smallest absolute Gasteiger partial charge is 0.222 e. The van der Waals surface area contributed by atoms with Crippen molar-refractivity contribution in [2.24, 2.45) is 0 Å². The Labute approximate surface area is 140 Å². The number of aryl methyl sites for hydroxylation is 2. The topological polar surface area (TPSA) is 55.1 Å². The fraction of sp³-hybridized carbons (Fsp3) is 0.278. The third kappa shape index (κ3) is 2.75. The van der Waals surface area contributed by atoms with Gasteiger partial charge in [-0.1, -0.05) is 13.5 Å². The normalized spacial score (nSPS) is 11.0. The molecule has 0 aliphatic carbocycles. The summed E-state index contributed by atoms with van der Waals surface area (Å²) in [4.78, 5) is 12.8. The van der Waals surface area contributed by atoms with Crippen LogP contribution in [0.3, 0.4) is 0 Å². The zero-order valence-corrected chi connectivity index (χ0v) is 14.1. The lowest BCUT2D eigenvalue weighted by molar-refractivity contribution is 0.628. The molecule has 124 valence electrons. The first-order valence-corrected chi connectivity index (χ1v) is 7.97. The Morgan fingerprint density at radius 1 is 1.29 bits per heavy atom. The van der Waals surface area contributed by atoms with Gasteiger partial charge in [-0.25, -0.2) is 19.3 Å². The maximum atomic E-state index is 14.4. The summed E-state index contributed by atoms with van der Waals surface area (Å²) in [6.45, 7) is 10.8. The average molecular weight is 325 g/mol. The van der Waals surface area contributed by atoms with Crippen molar-refractivity contribution in [1.29, 1.82) is 0 Å². The highest BCUT2D eigenvalue weighted by atomic mass is 19.1. The van der Waals surface area contributed by atoms with Gasteiger partial charge in [0.25, 0.3) is 0 Å². The van der Waals surface area contributed by atoms with E-state index in [9.17, 15) is 4.39 Å². The Bertz CT molecular complexity index is 913. The van der Waals surface area contributed by atoms with Crippen molar-refractivity contribution >= 4 is 17.2 Å². The Morgan fingerprint density at radius 2 is 2.08 bits per heavy atom. The van der Waals surface area contributed by atoms with Crippen LogP contribution in [0, 0.1) is 12.7 Å². The predicted octanol–water partition coefficient (Wildman–Crippen LogP) is 3.63. The molecular formula is C18H20FN5. The number of aromatic nitrogens is 4. The lowest BCUT2D eigenvalue weighted by atomic mass is 10.0. The summed E-state index contributed by atoms with van der Waals surface area (Å²) in [7, 11) is 0. The van der Waals surface area contributed by atoms with E-state index in [0.717, 1.165) is 29.9 Å². The van der Waals surface area contributed by atoms with E-state index >= 15 is 0 Å². The number of halogens is 1. The van der Waals surface area contributed by atoms with E-state index in [0.29, 0.717) is 22.7 Å². The molecule has 6 heteroatoms. The molecule has 0 atom stereocenters. The molecule has 0 bridgehead atoms. The maximum absolute atomic E-state index is 14.4. The fourth-order valence-corrected chi connectivity index (χ4v) is 2.68. The lowest BCUT2D eigenvalue weighted by Gasteiger charge is -2.12. The number of pyridine rings is 1. The van der Waals surface area contributed by atoms with Crippen molar-refractivity contribution in [3.8, 4) is 0 Å². The van der Waals surface area contributed by atoms with Gasteiger partial charge in [-0.15, -0.1) is 0 Å². The van der Waals surface area contributed by atoms with E-state index in [-0.39, 0.29) is 5.82 Å². The molecule has 3 heterocycles. The van der Waals surface area contributed by atoms with Gasteiger partial charge in [-0.2, -0.15) is 0 Å². The van der Waals surface area contributed by atoms with Crippen LogP contribution in [0.5, 0.6) is 0 Å². The van der Waals surface area contributed by atoms with Gasteiger partial charge in [0.15, 0.2) is 11.5 Å². The van der Waals surface area contributed by atoms with Gasteiger partial charge in [0, 0.05) is 42.0 Å². The van der Waals surface area contributed by atoms with Crippen molar-refractivity contribution < 1.29 is 4.39 Å². The molecule has 24 heavy (non-hydrogen) atoms. The second-order valence-corrected chi connectivity index (χ2v) is 5.57. The molecule has 0 saturated carbocycles. The van der Waals surface area contributed by atoms with Crippen LogP contribution in [-0.2, 0) is 6.42 Å². The number of anilines is 1.